The van der Waals surface area contributed by atoms with E-state index in [1.54, 1.807) is 30.3 Å². The van der Waals surface area contributed by atoms with Crippen molar-refractivity contribution in [3.05, 3.63) is 30.3 Å². The number of nitrogens with one attached hydrogen (secondary N) is 1. The summed E-state index contributed by atoms with van der Waals surface area (Å²) in [6, 6.07) is 8.40. The van der Waals surface area contributed by atoms with Gasteiger partial charge in [-0.1, -0.05) is 24.5 Å². The summed E-state index contributed by atoms with van der Waals surface area (Å²) in [5.74, 6) is -0.611. The van der Waals surface area contributed by atoms with Crippen LogP contribution >= 0.6 is 0 Å². The van der Waals surface area contributed by atoms with Gasteiger partial charge in [-0.15, -0.1) is 0 Å². The largest absolute Gasteiger partial charge is 1.00 e. The molecule has 1 aromatic rings. The van der Waals surface area contributed by atoms with Gasteiger partial charge in [0.1, 0.15) is 0 Å². The standard InChI is InChI=1S/C9H10BF3NO.K/c11-10(12,13)7-6-9(15)14-8-4-2-1-3-5-8;/h1-5H,6-7H2,(H,14,15);/q-1;+1. The van der Waals surface area contributed by atoms with Crippen LogP contribution in [0, 0.1) is 0 Å². The maximum absolute atomic E-state index is 11.8. The minimum absolute atomic E-state index is 0. The molecule has 0 saturated heterocycles. The van der Waals surface area contributed by atoms with Gasteiger partial charge in [0.25, 0.3) is 0 Å². The first-order valence-corrected chi connectivity index (χ1v) is 4.53. The van der Waals surface area contributed by atoms with E-state index in [2.05, 4.69) is 5.32 Å². The van der Waals surface area contributed by atoms with E-state index in [0.29, 0.717) is 5.69 Å². The number of amides is 1. The normalized spacial score (nSPS) is 10.4. The van der Waals surface area contributed by atoms with Crippen molar-refractivity contribution >= 4 is 18.6 Å². The summed E-state index contributed by atoms with van der Waals surface area (Å²) in [5, 5.41) is 2.39. The first-order chi connectivity index (χ1) is 6.97. The van der Waals surface area contributed by atoms with Crippen LogP contribution in [0.2, 0.25) is 6.32 Å². The molecule has 16 heavy (non-hydrogen) atoms. The van der Waals surface area contributed by atoms with Gasteiger partial charge >= 0.3 is 58.4 Å². The van der Waals surface area contributed by atoms with E-state index >= 15 is 0 Å². The molecule has 0 aromatic heterocycles. The van der Waals surface area contributed by atoms with E-state index in [1.807, 2.05) is 0 Å². The molecule has 0 radical (unpaired) electrons. The quantitative estimate of drug-likeness (QED) is 0.746. The van der Waals surface area contributed by atoms with Crippen LogP contribution in [0.4, 0.5) is 18.6 Å². The summed E-state index contributed by atoms with van der Waals surface area (Å²) in [5.41, 5.74) is 0.511. The van der Waals surface area contributed by atoms with E-state index in [0.717, 1.165) is 0 Å². The minimum Gasteiger partial charge on any atom is -0.449 e. The number of hydrogen-bond acceptors (Lipinski definition) is 1. The molecule has 0 saturated carbocycles. The Morgan fingerprint density at radius 3 is 2.25 bits per heavy atom. The number of benzene rings is 1. The Bertz CT molecular complexity index is 331. The van der Waals surface area contributed by atoms with Crippen molar-refractivity contribution in [3.63, 3.8) is 0 Å². The second-order valence-electron chi connectivity index (χ2n) is 3.16. The summed E-state index contributed by atoms with van der Waals surface area (Å²) in [7, 11) is 0. The summed E-state index contributed by atoms with van der Waals surface area (Å²) < 4.78 is 35.5. The van der Waals surface area contributed by atoms with E-state index in [4.69, 9.17) is 0 Å². The molecular weight excluding hydrogens is 245 g/mol. The Morgan fingerprint density at radius 1 is 1.19 bits per heavy atom. The van der Waals surface area contributed by atoms with Crippen LogP contribution in [0.1, 0.15) is 6.42 Å². The molecule has 1 rings (SSSR count). The Hall–Kier alpha value is 0.181. The summed E-state index contributed by atoms with van der Waals surface area (Å²) in [6.45, 7) is -4.88. The Kier molecular flexibility index (Phi) is 7.58. The second kappa shape index (κ2) is 7.50. The van der Waals surface area contributed by atoms with Gasteiger partial charge in [0.05, 0.1) is 0 Å². The first kappa shape index (κ1) is 16.2. The van der Waals surface area contributed by atoms with Crippen molar-refractivity contribution in [2.24, 2.45) is 0 Å². The maximum Gasteiger partial charge on any atom is 1.00 e. The first-order valence-electron chi connectivity index (χ1n) is 4.53. The van der Waals surface area contributed by atoms with Crippen molar-refractivity contribution in [2.45, 2.75) is 12.7 Å². The van der Waals surface area contributed by atoms with E-state index in [1.165, 1.54) is 0 Å². The van der Waals surface area contributed by atoms with Crippen molar-refractivity contribution in [2.75, 3.05) is 5.32 Å². The van der Waals surface area contributed by atoms with E-state index in [-0.39, 0.29) is 51.4 Å². The summed E-state index contributed by atoms with van der Waals surface area (Å²) in [6.07, 6.45) is -1.54. The molecule has 0 aliphatic carbocycles. The SMILES string of the molecule is O=C(CC[B-](F)(F)F)Nc1ccccc1.[K+]. The van der Waals surface area contributed by atoms with Gasteiger partial charge in [-0.25, -0.2) is 0 Å². The average molecular weight is 255 g/mol. The molecule has 7 heteroatoms. The van der Waals surface area contributed by atoms with Crippen LogP contribution in [0.25, 0.3) is 0 Å². The third kappa shape index (κ3) is 7.45. The fourth-order valence-electron chi connectivity index (χ4n) is 1.04. The number of carbonyl (C=O) groups excluding carboxylic acids is 1. The van der Waals surface area contributed by atoms with Gasteiger partial charge in [0, 0.05) is 12.1 Å². The summed E-state index contributed by atoms with van der Waals surface area (Å²) >= 11 is 0. The van der Waals surface area contributed by atoms with Crippen LogP contribution in [0.15, 0.2) is 30.3 Å². The molecule has 0 heterocycles. The molecule has 0 fully saturated rings. The predicted molar refractivity (Wildman–Crippen MR) is 53.6 cm³/mol. The van der Waals surface area contributed by atoms with Gasteiger partial charge in [0.2, 0.25) is 5.91 Å². The fraction of sp³-hybridized carbons (Fsp3) is 0.222. The molecule has 0 spiro atoms. The smallest absolute Gasteiger partial charge is 0.449 e. The van der Waals surface area contributed by atoms with Crippen LogP contribution in [-0.2, 0) is 4.79 Å². The molecule has 0 aliphatic rings. The van der Waals surface area contributed by atoms with Crippen molar-refractivity contribution in [3.8, 4) is 0 Å². The molecule has 82 valence electrons. The number of carbonyl (C=O) groups is 1. The third-order valence-corrected chi connectivity index (χ3v) is 1.76. The number of para-hydroxylation sites is 1. The fourth-order valence-corrected chi connectivity index (χ4v) is 1.04. The van der Waals surface area contributed by atoms with E-state index < -0.39 is 25.6 Å². The zero-order valence-electron chi connectivity index (χ0n) is 8.92. The molecule has 0 bridgehead atoms. The number of anilines is 1. The molecular formula is C9H10BF3KNO. The van der Waals surface area contributed by atoms with Crippen molar-refractivity contribution < 1.29 is 69.1 Å². The molecule has 1 N–H and O–H groups in total. The van der Waals surface area contributed by atoms with Crippen molar-refractivity contribution in [1.29, 1.82) is 0 Å². The molecule has 0 unspecified atom stereocenters. The van der Waals surface area contributed by atoms with Crippen LogP contribution in [0.3, 0.4) is 0 Å². The average Bonchev–Trinajstić information content (AvgIpc) is 2.15. The predicted octanol–water partition coefficient (Wildman–Crippen LogP) is -0.133. The molecule has 1 amide bonds. The number of halogens is 3. The minimum atomic E-state index is -4.88. The summed E-state index contributed by atoms with van der Waals surface area (Å²) in [4.78, 5) is 11.1. The molecule has 1 aromatic carbocycles. The Balaban J connectivity index is 0.00000225. The number of rotatable bonds is 4. The number of hydrogen-bond donors (Lipinski definition) is 1. The zero-order chi connectivity index (χ0) is 11.3. The van der Waals surface area contributed by atoms with Gasteiger partial charge in [-0.05, 0) is 12.1 Å². The van der Waals surface area contributed by atoms with Crippen LogP contribution in [0.5, 0.6) is 0 Å². The molecule has 0 atom stereocenters. The van der Waals surface area contributed by atoms with Crippen LogP contribution < -0.4 is 56.7 Å². The van der Waals surface area contributed by atoms with Gasteiger partial charge in [-0.3, -0.25) is 4.79 Å². The van der Waals surface area contributed by atoms with Crippen LogP contribution in [-0.4, -0.2) is 12.9 Å². The Labute approximate surface area is 134 Å². The second-order valence-corrected chi connectivity index (χ2v) is 3.16. The monoisotopic (exact) mass is 255 g/mol. The van der Waals surface area contributed by atoms with E-state index in [9.17, 15) is 17.7 Å². The van der Waals surface area contributed by atoms with Gasteiger partial charge in [0.15, 0.2) is 0 Å². The van der Waals surface area contributed by atoms with Gasteiger partial charge in [-0.2, -0.15) is 0 Å². The molecule has 2 nitrogen and oxygen atoms in total. The third-order valence-electron chi connectivity index (χ3n) is 1.76. The Morgan fingerprint density at radius 2 is 1.75 bits per heavy atom. The maximum atomic E-state index is 11.8. The van der Waals surface area contributed by atoms with Gasteiger partial charge < -0.3 is 18.3 Å². The zero-order valence-corrected chi connectivity index (χ0v) is 12.0. The topological polar surface area (TPSA) is 29.1 Å². The molecule has 0 aliphatic heterocycles. The van der Waals surface area contributed by atoms with Crippen molar-refractivity contribution in [1.82, 2.24) is 0 Å².